The lowest BCUT2D eigenvalue weighted by molar-refractivity contribution is 0.0696. The van der Waals surface area contributed by atoms with E-state index in [1.165, 1.54) is 6.07 Å². The van der Waals surface area contributed by atoms with Crippen molar-refractivity contribution in [3.05, 3.63) is 57.2 Å². The van der Waals surface area contributed by atoms with Crippen LogP contribution in [0, 0.1) is 3.57 Å². The van der Waals surface area contributed by atoms with Gasteiger partial charge in [-0.3, -0.25) is 0 Å². The van der Waals surface area contributed by atoms with Crippen molar-refractivity contribution in [1.29, 1.82) is 0 Å². The molecule has 20 heavy (non-hydrogen) atoms. The molecule has 0 aliphatic rings. The molecule has 2 aromatic rings. The summed E-state index contributed by atoms with van der Waals surface area (Å²) in [5, 5.41) is 9.01. The fourth-order valence-corrected chi connectivity index (χ4v) is 2.08. The van der Waals surface area contributed by atoms with E-state index in [0.717, 1.165) is 9.32 Å². The van der Waals surface area contributed by atoms with Gasteiger partial charge in [-0.1, -0.05) is 0 Å². The van der Waals surface area contributed by atoms with E-state index in [0.29, 0.717) is 11.3 Å². The molecule has 0 spiro atoms. The molecule has 4 nitrogen and oxygen atoms in total. The van der Waals surface area contributed by atoms with Crippen LogP contribution in [0.3, 0.4) is 0 Å². The first-order chi connectivity index (χ1) is 9.60. The van der Waals surface area contributed by atoms with Gasteiger partial charge in [0.25, 0.3) is 0 Å². The van der Waals surface area contributed by atoms with Crippen LogP contribution in [0.15, 0.2) is 42.5 Å². The van der Waals surface area contributed by atoms with E-state index in [4.69, 9.17) is 14.6 Å². The van der Waals surface area contributed by atoms with E-state index in [1.54, 1.807) is 19.2 Å². The molecule has 0 aromatic heterocycles. The monoisotopic (exact) mass is 384 g/mol. The number of carbonyl (C=O) groups is 1. The summed E-state index contributed by atoms with van der Waals surface area (Å²) in [7, 11) is 1.55. The number of rotatable bonds is 5. The summed E-state index contributed by atoms with van der Waals surface area (Å²) >= 11 is 2.22. The topological polar surface area (TPSA) is 55.8 Å². The van der Waals surface area contributed by atoms with Crippen molar-refractivity contribution in [1.82, 2.24) is 0 Å². The molecular formula is C15H13IO4. The maximum Gasteiger partial charge on any atom is 0.335 e. The van der Waals surface area contributed by atoms with Gasteiger partial charge in [-0.25, -0.2) is 4.79 Å². The highest BCUT2D eigenvalue weighted by Crippen LogP contribution is 2.22. The lowest BCUT2D eigenvalue weighted by atomic mass is 10.1. The summed E-state index contributed by atoms with van der Waals surface area (Å²) in [6.07, 6.45) is 0. The molecule has 0 saturated carbocycles. The van der Waals surface area contributed by atoms with Gasteiger partial charge >= 0.3 is 5.97 Å². The summed E-state index contributed by atoms with van der Waals surface area (Å²) in [6.45, 7) is 0.255. The molecule has 1 N–H and O–H groups in total. The van der Waals surface area contributed by atoms with Gasteiger partial charge in [0.15, 0.2) is 0 Å². The Kier molecular flexibility index (Phi) is 4.84. The molecule has 0 heterocycles. The van der Waals surface area contributed by atoms with Crippen LogP contribution in [0.25, 0.3) is 0 Å². The van der Waals surface area contributed by atoms with Gasteiger partial charge in [0, 0.05) is 9.13 Å². The Balaban J connectivity index is 2.16. The molecule has 0 fully saturated rings. The lowest BCUT2D eigenvalue weighted by Crippen LogP contribution is -2.03. The summed E-state index contributed by atoms with van der Waals surface area (Å²) in [6, 6.07) is 12.3. The SMILES string of the molecule is COc1ccc(C(=O)O)cc1COc1ccc(I)cc1. The van der Waals surface area contributed by atoms with Gasteiger partial charge in [0.05, 0.1) is 12.7 Å². The molecule has 2 aromatic carbocycles. The number of carboxylic acid groups (broad SMARTS) is 1. The van der Waals surface area contributed by atoms with Crippen LogP contribution < -0.4 is 9.47 Å². The number of hydrogen-bond donors (Lipinski definition) is 1. The minimum atomic E-state index is -0.969. The molecule has 0 amide bonds. The van der Waals surface area contributed by atoms with Gasteiger partial charge in [-0.15, -0.1) is 0 Å². The van der Waals surface area contributed by atoms with E-state index in [-0.39, 0.29) is 12.2 Å². The highest BCUT2D eigenvalue weighted by Gasteiger charge is 2.09. The van der Waals surface area contributed by atoms with Crippen molar-refractivity contribution in [2.45, 2.75) is 6.61 Å². The zero-order chi connectivity index (χ0) is 14.5. The van der Waals surface area contributed by atoms with Gasteiger partial charge in [0.2, 0.25) is 0 Å². The van der Waals surface area contributed by atoms with Crippen molar-refractivity contribution in [3.8, 4) is 11.5 Å². The van der Waals surface area contributed by atoms with Crippen LogP contribution in [-0.4, -0.2) is 18.2 Å². The first-order valence-electron chi connectivity index (χ1n) is 5.88. The minimum absolute atomic E-state index is 0.215. The van der Waals surface area contributed by atoms with E-state index in [1.807, 2.05) is 24.3 Å². The number of methoxy groups -OCH3 is 1. The molecule has 5 heteroatoms. The lowest BCUT2D eigenvalue weighted by Gasteiger charge is -2.11. The maximum atomic E-state index is 11.0. The standard InChI is InChI=1S/C15H13IO4/c1-19-14-7-2-10(15(17)18)8-11(14)9-20-13-5-3-12(16)4-6-13/h2-8H,9H2,1H3,(H,17,18). The third-order valence-corrected chi connectivity index (χ3v) is 3.45. The van der Waals surface area contributed by atoms with E-state index >= 15 is 0 Å². The van der Waals surface area contributed by atoms with Crippen molar-refractivity contribution in [2.75, 3.05) is 7.11 Å². The quantitative estimate of drug-likeness (QED) is 0.801. The van der Waals surface area contributed by atoms with Gasteiger partial charge in [-0.2, -0.15) is 0 Å². The van der Waals surface area contributed by atoms with Crippen LogP contribution in [0.4, 0.5) is 0 Å². The third-order valence-electron chi connectivity index (χ3n) is 2.74. The fraction of sp³-hybridized carbons (Fsp3) is 0.133. The van der Waals surface area contributed by atoms with Crippen LogP contribution in [0.2, 0.25) is 0 Å². The summed E-state index contributed by atoms with van der Waals surface area (Å²) in [4.78, 5) is 11.0. The number of hydrogen-bond acceptors (Lipinski definition) is 3. The molecular weight excluding hydrogens is 371 g/mol. The van der Waals surface area contributed by atoms with E-state index < -0.39 is 5.97 Å². The number of benzene rings is 2. The van der Waals surface area contributed by atoms with Crippen LogP contribution in [0.5, 0.6) is 11.5 Å². The molecule has 0 aliphatic heterocycles. The smallest absolute Gasteiger partial charge is 0.335 e. The van der Waals surface area contributed by atoms with Gasteiger partial charge < -0.3 is 14.6 Å². The Hall–Kier alpha value is -1.76. The highest BCUT2D eigenvalue weighted by molar-refractivity contribution is 14.1. The number of carboxylic acids is 1. The molecule has 0 atom stereocenters. The average molecular weight is 384 g/mol. The van der Waals surface area contributed by atoms with E-state index in [9.17, 15) is 4.79 Å². The molecule has 2 rings (SSSR count). The zero-order valence-electron chi connectivity index (χ0n) is 10.8. The third kappa shape index (κ3) is 3.63. The number of ether oxygens (including phenoxy) is 2. The molecule has 0 unspecified atom stereocenters. The number of halogens is 1. The number of aromatic carboxylic acids is 1. The molecule has 0 radical (unpaired) electrons. The zero-order valence-corrected chi connectivity index (χ0v) is 13.0. The maximum absolute atomic E-state index is 11.0. The first-order valence-corrected chi connectivity index (χ1v) is 6.96. The Labute approximate surface area is 130 Å². The molecule has 104 valence electrons. The molecule has 0 bridgehead atoms. The van der Waals surface area contributed by atoms with Crippen LogP contribution in [0.1, 0.15) is 15.9 Å². The fourth-order valence-electron chi connectivity index (χ4n) is 1.72. The second kappa shape index (κ2) is 6.60. The van der Waals surface area contributed by atoms with Gasteiger partial charge in [0.1, 0.15) is 18.1 Å². The Bertz CT molecular complexity index is 608. The van der Waals surface area contributed by atoms with Crippen LogP contribution in [-0.2, 0) is 6.61 Å². The van der Waals surface area contributed by atoms with Crippen molar-refractivity contribution >= 4 is 28.6 Å². The van der Waals surface area contributed by atoms with Crippen molar-refractivity contribution in [3.63, 3.8) is 0 Å². The first kappa shape index (κ1) is 14.6. The Morgan fingerprint density at radius 3 is 2.50 bits per heavy atom. The molecule has 0 saturated heterocycles. The van der Waals surface area contributed by atoms with Crippen molar-refractivity contribution in [2.24, 2.45) is 0 Å². The molecule has 0 aliphatic carbocycles. The van der Waals surface area contributed by atoms with Gasteiger partial charge in [-0.05, 0) is 65.1 Å². The second-order valence-electron chi connectivity index (χ2n) is 4.07. The normalized spacial score (nSPS) is 10.1. The van der Waals surface area contributed by atoms with E-state index in [2.05, 4.69) is 22.6 Å². The van der Waals surface area contributed by atoms with Crippen molar-refractivity contribution < 1.29 is 19.4 Å². The predicted octanol–water partition coefficient (Wildman–Crippen LogP) is 3.58. The summed E-state index contributed by atoms with van der Waals surface area (Å²) in [5.74, 6) is 0.372. The minimum Gasteiger partial charge on any atom is -0.496 e. The van der Waals surface area contributed by atoms with Crippen LogP contribution >= 0.6 is 22.6 Å². The average Bonchev–Trinajstić information content (AvgIpc) is 2.46. The predicted molar refractivity (Wildman–Crippen MR) is 83.4 cm³/mol. The summed E-state index contributed by atoms with van der Waals surface area (Å²) in [5.41, 5.74) is 0.915. The largest absolute Gasteiger partial charge is 0.496 e. The second-order valence-corrected chi connectivity index (χ2v) is 5.32. The Morgan fingerprint density at radius 1 is 1.20 bits per heavy atom. The summed E-state index contributed by atoms with van der Waals surface area (Å²) < 4.78 is 12.0. The highest BCUT2D eigenvalue weighted by atomic mass is 127. The Morgan fingerprint density at radius 2 is 1.90 bits per heavy atom.